The quantitative estimate of drug-likeness (QED) is 0.0368. The fraction of sp³-hybridized carbons (Fsp3) is 0.543. The Morgan fingerprint density at radius 1 is 0.477 bits per heavy atom. The van der Waals surface area contributed by atoms with Gasteiger partial charge in [-0.2, -0.15) is 0 Å². The second kappa shape index (κ2) is 32.7. The topological polar surface area (TPSA) is 222 Å². The van der Waals surface area contributed by atoms with Crippen LogP contribution in [0.25, 0.3) is 11.1 Å². The standard InChI is InChI=1S/C70H96N10O8/c1-47-35-41-79(69(87)63(55-23-15-9-16-24-55)75-65(83)49(3)71-5)59(47)45-77(39-37-51-19-11-7-12-20-51)61(81)43-73-67(85)57-31-27-53(28-32-57)54-29-33-58(34-30-54)68(86)74-44-62(82)78(40-38-52-21-13-8-14-22-52)46-60-48(2)36-42-80(60)70(88)64(56-25-17-10-18-26-56)76-66(84)50(4)72-6/h7-8,11-14,19-22,27-34,47-50,55-56,59-60,63-64,71-72H,9-10,15-18,23-26,35-46H2,1-6H3,(H,73,85)(H,74,86)(H,75,83)(H,76,84)/t47-,48-,49-,50-,59-,60+,63-,64-/m0/s1. The third-order valence-electron chi connectivity index (χ3n) is 19.3. The number of likely N-dealkylation sites (tertiary alicyclic amines) is 2. The van der Waals surface area contributed by atoms with Gasteiger partial charge in [0.05, 0.1) is 37.3 Å². The number of carbonyl (C=O) groups is 8. The molecule has 0 unspecified atom stereocenters. The number of hydrogen-bond donors (Lipinski definition) is 6. The van der Waals surface area contributed by atoms with Gasteiger partial charge in [0.2, 0.25) is 35.4 Å². The molecule has 2 aliphatic heterocycles. The number of nitrogens with one attached hydrogen (secondary N) is 6. The Labute approximate surface area is 521 Å². The van der Waals surface area contributed by atoms with Crippen LogP contribution in [0.3, 0.4) is 0 Å². The Morgan fingerprint density at radius 2 is 0.830 bits per heavy atom. The average molecular weight is 1210 g/mol. The van der Waals surface area contributed by atoms with Crippen LogP contribution in [0.2, 0.25) is 0 Å². The molecule has 6 N–H and O–H groups in total. The number of hydrogen-bond acceptors (Lipinski definition) is 10. The Hall–Kier alpha value is -7.44. The zero-order valence-corrected chi connectivity index (χ0v) is 52.8. The minimum absolute atomic E-state index is 0.0390. The highest BCUT2D eigenvalue weighted by Crippen LogP contribution is 2.34. The molecular formula is C70H96N10O8. The predicted molar refractivity (Wildman–Crippen MR) is 343 cm³/mol. The first kappa shape index (κ1) is 66.5. The van der Waals surface area contributed by atoms with Gasteiger partial charge in [0.25, 0.3) is 11.8 Å². The number of carbonyl (C=O) groups excluding carboxylic acids is 8. The maximum atomic E-state index is 14.7. The fourth-order valence-corrected chi connectivity index (χ4v) is 13.3. The number of benzene rings is 4. The van der Waals surface area contributed by atoms with Crippen LogP contribution in [0, 0.1) is 23.7 Å². The first-order chi connectivity index (χ1) is 42.5. The van der Waals surface area contributed by atoms with Gasteiger partial charge in [-0.05, 0) is 150 Å². The van der Waals surface area contributed by atoms with Crippen LogP contribution in [-0.2, 0) is 41.6 Å². The SMILES string of the molecule is CN[C@@H](C)C(=O)N[C@H](C(=O)N1CC[C@H](C)[C@H]1CN(CCc1ccccc1)C(=O)CNC(=O)c1ccc(-c2ccc(C(=O)NCC(=O)N(CCc3ccccc3)C[C@H]3[C@@H](C)CCN3C(=O)[C@@H](NC(=O)[C@H](C)NC)C3CCCCC3)cc2)cc1)C1CCCCC1. The summed E-state index contributed by atoms with van der Waals surface area (Å²) in [6.45, 7) is 9.73. The van der Waals surface area contributed by atoms with Crippen molar-refractivity contribution in [3.8, 4) is 11.1 Å². The lowest BCUT2D eigenvalue weighted by molar-refractivity contribution is -0.141. The second-order valence-electron chi connectivity index (χ2n) is 25.2. The van der Waals surface area contributed by atoms with E-state index in [1.54, 1.807) is 62.0 Å². The summed E-state index contributed by atoms with van der Waals surface area (Å²) in [5, 5.41) is 17.9. The van der Waals surface area contributed by atoms with Crippen molar-refractivity contribution in [2.45, 2.75) is 154 Å². The molecule has 2 aliphatic carbocycles. The smallest absolute Gasteiger partial charge is 0.251 e. The summed E-state index contributed by atoms with van der Waals surface area (Å²) in [5.74, 6) is -1.67. The van der Waals surface area contributed by atoms with E-state index in [0.29, 0.717) is 63.2 Å². The second-order valence-corrected chi connectivity index (χ2v) is 25.2. The van der Waals surface area contributed by atoms with Crippen LogP contribution in [-0.4, -0.2) is 170 Å². The lowest BCUT2D eigenvalue weighted by atomic mass is 9.83. The van der Waals surface area contributed by atoms with Gasteiger partial charge >= 0.3 is 0 Å². The molecule has 0 bridgehead atoms. The first-order valence-electron chi connectivity index (χ1n) is 32.5. The van der Waals surface area contributed by atoms with E-state index in [2.05, 4.69) is 45.7 Å². The Kier molecular flexibility index (Phi) is 24.7. The molecule has 18 nitrogen and oxygen atoms in total. The zero-order valence-electron chi connectivity index (χ0n) is 52.8. The van der Waals surface area contributed by atoms with E-state index >= 15 is 0 Å². The maximum absolute atomic E-state index is 14.7. The van der Waals surface area contributed by atoms with E-state index < -0.39 is 36.0 Å². The van der Waals surface area contributed by atoms with Gasteiger partial charge in [0.1, 0.15) is 12.1 Å². The Balaban J connectivity index is 0.878. The molecule has 2 heterocycles. The van der Waals surface area contributed by atoms with E-state index in [4.69, 9.17) is 0 Å². The first-order valence-corrected chi connectivity index (χ1v) is 32.5. The highest BCUT2D eigenvalue weighted by molar-refractivity contribution is 5.98. The molecule has 4 aliphatic rings. The Morgan fingerprint density at radius 3 is 1.17 bits per heavy atom. The van der Waals surface area contributed by atoms with Crippen LogP contribution in [0.1, 0.15) is 137 Å². The molecule has 0 radical (unpaired) electrons. The molecule has 88 heavy (non-hydrogen) atoms. The van der Waals surface area contributed by atoms with Crippen molar-refractivity contribution >= 4 is 47.3 Å². The molecule has 0 spiro atoms. The molecule has 0 aromatic heterocycles. The molecule has 474 valence electrons. The summed E-state index contributed by atoms with van der Waals surface area (Å²) in [4.78, 5) is 119. The summed E-state index contributed by atoms with van der Waals surface area (Å²) >= 11 is 0. The number of rotatable bonds is 27. The van der Waals surface area contributed by atoms with Crippen molar-refractivity contribution in [1.29, 1.82) is 0 Å². The van der Waals surface area contributed by atoms with Crippen molar-refractivity contribution in [2.75, 3.05) is 66.5 Å². The largest absolute Gasteiger partial charge is 0.343 e. The highest BCUT2D eigenvalue weighted by atomic mass is 16.2. The lowest BCUT2D eigenvalue weighted by Crippen LogP contribution is -2.58. The van der Waals surface area contributed by atoms with Gasteiger partial charge in [0.15, 0.2) is 0 Å². The number of nitrogens with zero attached hydrogens (tertiary/aromatic N) is 4. The van der Waals surface area contributed by atoms with Gasteiger partial charge in [-0.25, -0.2) is 0 Å². The van der Waals surface area contributed by atoms with Crippen molar-refractivity contribution in [3.05, 3.63) is 131 Å². The summed E-state index contributed by atoms with van der Waals surface area (Å²) in [6.07, 6.45) is 12.5. The normalized spacial score (nSPS) is 20.2. The lowest BCUT2D eigenvalue weighted by Gasteiger charge is -2.38. The molecule has 2 saturated carbocycles. The Bertz CT molecular complexity index is 2750. The van der Waals surface area contributed by atoms with E-state index in [1.165, 1.54) is 0 Å². The zero-order chi connectivity index (χ0) is 62.7. The van der Waals surface area contributed by atoms with Gasteiger partial charge in [-0.15, -0.1) is 0 Å². The van der Waals surface area contributed by atoms with Crippen molar-refractivity contribution in [3.63, 3.8) is 0 Å². The van der Waals surface area contributed by atoms with Gasteiger partial charge in [0, 0.05) is 50.4 Å². The third-order valence-corrected chi connectivity index (χ3v) is 19.3. The molecule has 8 atom stereocenters. The monoisotopic (exact) mass is 1200 g/mol. The van der Waals surface area contributed by atoms with Crippen LogP contribution in [0.4, 0.5) is 0 Å². The summed E-state index contributed by atoms with van der Waals surface area (Å²) in [7, 11) is 3.46. The fourth-order valence-electron chi connectivity index (χ4n) is 13.3. The third kappa shape index (κ3) is 17.9. The van der Waals surface area contributed by atoms with E-state index in [-0.39, 0.29) is 84.3 Å². The molecule has 8 rings (SSSR count). The van der Waals surface area contributed by atoms with Crippen LogP contribution >= 0.6 is 0 Å². The molecule has 4 aromatic rings. The maximum Gasteiger partial charge on any atom is 0.251 e. The van der Waals surface area contributed by atoms with E-state index in [1.807, 2.05) is 94.7 Å². The van der Waals surface area contributed by atoms with E-state index in [9.17, 15) is 38.4 Å². The van der Waals surface area contributed by atoms with Gasteiger partial charge in [-0.3, -0.25) is 38.4 Å². The summed E-state index contributed by atoms with van der Waals surface area (Å²) in [5.41, 5.74) is 4.46. The predicted octanol–water partition coefficient (Wildman–Crippen LogP) is 6.78. The van der Waals surface area contributed by atoms with E-state index in [0.717, 1.165) is 99.3 Å². The molecule has 18 heteroatoms. The van der Waals surface area contributed by atoms with Crippen LogP contribution in [0.5, 0.6) is 0 Å². The van der Waals surface area contributed by atoms with Gasteiger partial charge in [-0.1, -0.05) is 137 Å². The summed E-state index contributed by atoms with van der Waals surface area (Å²) < 4.78 is 0. The van der Waals surface area contributed by atoms with Crippen molar-refractivity contribution in [1.82, 2.24) is 51.5 Å². The minimum atomic E-state index is -0.647. The molecular weight excluding hydrogens is 1110 g/mol. The van der Waals surface area contributed by atoms with Crippen molar-refractivity contribution in [2.24, 2.45) is 23.7 Å². The van der Waals surface area contributed by atoms with Crippen LogP contribution < -0.4 is 31.9 Å². The molecule has 4 fully saturated rings. The molecule has 8 amide bonds. The molecule has 4 aromatic carbocycles. The molecule has 2 saturated heterocycles. The summed E-state index contributed by atoms with van der Waals surface area (Å²) in [6, 6.07) is 31.1. The minimum Gasteiger partial charge on any atom is -0.343 e. The van der Waals surface area contributed by atoms with Crippen LogP contribution in [0.15, 0.2) is 109 Å². The van der Waals surface area contributed by atoms with Gasteiger partial charge < -0.3 is 51.5 Å². The number of amides is 8. The average Bonchev–Trinajstić information content (AvgIpc) is 3.28. The van der Waals surface area contributed by atoms with Crippen molar-refractivity contribution < 1.29 is 38.4 Å². The highest BCUT2D eigenvalue weighted by Gasteiger charge is 2.44. The number of likely N-dealkylation sites (N-methyl/N-ethyl adjacent to an activating group) is 2.